The van der Waals surface area contributed by atoms with Gasteiger partial charge in [-0.15, -0.1) is 0 Å². The molecule has 1 aromatic rings. The van der Waals surface area contributed by atoms with E-state index in [0.717, 1.165) is 0 Å². The molecule has 0 unspecified atom stereocenters. The molecule has 0 heterocycles. The minimum atomic E-state index is -0.265. The summed E-state index contributed by atoms with van der Waals surface area (Å²) in [6.45, 7) is 4.69. The second-order valence-electron chi connectivity index (χ2n) is 4.25. The van der Waals surface area contributed by atoms with Crippen LogP contribution in [0.15, 0.2) is 18.2 Å². The Morgan fingerprint density at radius 3 is 2.79 bits per heavy atom. The molecule has 0 saturated carbocycles. The molecule has 0 atom stereocenters. The van der Waals surface area contributed by atoms with Crippen molar-refractivity contribution < 1.29 is 14.3 Å². The molecule has 0 aliphatic rings. The van der Waals surface area contributed by atoms with Crippen LogP contribution in [0.25, 0.3) is 0 Å². The summed E-state index contributed by atoms with van der Waals surface area (Å²) in [5.41, 5.74) is 6.66. The van der Waals surface area contributed by atoms with Gasteiger partial charge in [0, 0.05) is 5.02 Å². The van der Waals surface area contributed by atoms with Crippen LogP contribution in [-0.2, 0) is 14.3 Å². The van der Waals surface area contributed by atoms with Crippen LogP contribution in [0.5, 0.6) is 0 Å². The lowest BCUT2D eigenvalue weighted by atomic mass is 10.2. The molecule has 0 aliphatic heterocycles. The van der Waals surface area contributed by atoms with Gasteiger partial charge in [0.25, 0.3) is 0 Å². The van der Waals surface area contributed by atoms with E-state index in [4.69, 9.17) is 26.8 Å². The number of anilines is 2. The Bertz CT molecular complexity index is 424. The maximum Gasteiger partial charge on any atom is 0.250 e. The molecule has 0 aromatic heterocycles. The number of nitrogens with one attached hydrogen (secondary N) is 1. The summed E-state index contributed by atoms with van der Waals surface area (Å²) in [5, 5.41) is 3.17. The molecule has 6 heteroatoms. The van der Waals surface area contributed by atoms with Gasteiger partial charge < -0.3 is 20.5 Å². The Hall–Kier alpha value is -1.30. The highest BCUT2D eigenvalue weighted by molar-refractivity contribution is 6.31. The van der Waals surface area contributed by atoms with Crippen molar-refractivity contribution in [3.8, 4) is 0 Å². The second-order valence-corrected chi connectivity index (χ2v) is 4.69. The molecule has 19 heavy (non-hydrogen) atoms. The van der Waals surface area contributed by atoms with Crippen LogP contribution in [0.3, 0.4) is 0 Å². The van der Waals surface area contributed by atoms with Crippen molar-refractivity contribution in [1.29, 1.82) is 0 Å². The molecule has 0 radical (unpaired) electrons. The molecule has 5 nitrogen and oxygen atoms in total. The number of carbonyl (C=O) groups is 1. The zero-order valence-corrected chi connectivity index (χ0v) is 11.9. The van der Waals surface area contributed by atoms with Crippen molar-refractivity contribution >= 4 is 28.9 Å². The number of nitrogens with two attached hydrogens (primary N) is 1. The predicted molar refractivity (Wildman–Crippen MR) is 76.4 cm³/mol. The summed E-state index contributed by atoms with van der Waals surface area (Å²) in [4.78, 5) is 11.6. The van der Waals surface area contributed by atoms with E-state index in [1.165, 1.54) is 0 Å². The summed E-state index contributed by atoms with van der Waals surface area (Å²) in [5.74, 6) is -0.265. The normalized spacial score (nSPS) is 10.7. The number of nitrogen functional groups attached to an aromatic ring is 1. The standard InChI is InChI=1S/C13H19ClN2O3/c1-9(2)19-6-5-18-8-13(17)16-12-4-3-10(14)7-11(12)15/h3-4,7,9H,5-6,8,15H2,1-2H3,(H,16,17). The van der Waals surface area contributed by atoms with Gasteiger partial charge in [0.1, 0.15) is 6.61 Å². The molecule has 0 bridgehead atoms. The Kier molecular flexibility index (Phi) is 6.62. The number of ether oxygens (including phenoxy) is 2. The minimum absolute atomic E-state index is 0.0382. The minimum Gasteiger partial charge on any atom is -0.397 e. The first kappa shape index (κ1) is 15.8. The molecule has 0 fully saturated rings. The van der Waals surface area contributed by atoms with Crippen molar-refractivity contribution in [1.82, 2.24) is 0 Å². The lowest BCUT2D eigenvalue weighted by molar-refractivity contribution is -0.121. The van der Waals surface area contributed by atoms with Crippen LogP contribution in [0, 0.1) is 0 Å². The third-order valence-corrected chi connectivity index (χ3v) is 2.43. The summed E-state index contributed by atoms with van der Waals surface area (Å²) in [7, 11) is 0. The Morgan fingerprint density at radius 1 is 1.42 bits per heavy atom. The van der Waals surface area contributed by atoms with Gasteiger partial charge in [-0.1, -0.05) is 11.6 Å². The SMILES string of the molecule is CC(C)OCCOCC(=O)Nc1ccc(Cl)cc1N. The fourth-order valence-corrected chi connectivity index (χ4v) is 1.52. The van der Waals surface area contributed by atoms with Crippen LogP contribution in [0.1, 0.15) is 13.8 Å². The first-order valence-corrected chi connectivity index (χ1v) is 6.41. The van der Waals surface area contributed by atoms with Gasteiger partial charge in [0.2, 0.25) is 5.91 Å². The van der Waals surface area contributed by atoms with Gasteiger partial charge in [0.05, 0.1) is 30.7 Å². The number of hydrogen-bond acceptors (Lipinski definition) is 4. The molecule has 0 saturated heterocycles. The topological polar surface area (TPSA) is 73.6 Å². The highest BCUT2D eigenvalue weighted by Crippen LogP contribution is 2.22. The quantitative estimate of drug-likeness (QED) is 0.596. The van der Waals surface area contributed by atoms with Crippen LogP contribution in [0.4, 0.5) is 11.4 Å². The van der Waals surface area contributed by atoms with Crippen LogP contribution in [-0.4, -0.2) is 31.8 Å². The summed E-state index contributed by atoms with van der Waals surface area (Å²) in [6, 6.07) is 4.89. The summed E-state index contributed by atoms with van der Waals surface area (Å²) in [6.07, 6.45) is 0.159. The number of hydrogen-bond donors (Lipinski definition) is 2. The highest BCUT2D eigenvalue weighted by Gasteiger charge is 2.06. The Balaban J connectivity index is 2.27. The van der Waals surface area contributed by atoms with E-state index in [-0.39, 0.29) is 18.6 Å². The average Bonchev–Trinajstić information content (AvgIpc) is 2.32. The van der Waals surface area contributed by atoms with E-state index in [2.05, 4.69) is 5.32 Å². The first-order valence-electron chi connectivity index (χ1n) is 6.03. The monoisotopic (exact) mass is 286 g/mol. The van der Waals surface area contributed by atoms with Crippen LogP contribution in [0.2, 0.25) is 5.02 Å². The van der Waals surface area contributed by atoms with Crippen molar-refractivity contribution in [3.63, 3.8) is 0 Å². The lowest BCUT2D eigenvalue weighted by Crippen LogP contribution is -2.20. The van der Waals surface area contributed by atoms with Crippen molar-refractivity contribution in [3.05, 3.63) is 23.2 Å². The Labute approximate surface area is 118 Å². The smallest absolute Gasteiger partial charge is 0.250 e. The molecule has 0 aliphatic carbocycles. The van der Waals surface area contributed by atoms with E-state index < -0.39 is 0 Å². The number of carbonyl (C=O) groups excluding carboxylic acids is 1. The molecule has 1 aromatic carbocycles. The fraction of sp³-hybridized carbons (Fsp3) is 0.462. The first-order chi connectivity index (χ1) is 8.99. The maximum atomic E-state index is 11.6. The molecule has 0 spiro atoms. The summed E-state index contributed by atoms with van der Waals surface area (Å²) < 4.78 is 10.5. The van der Waals surface area contributed by atoms with Gasteiger partial charge >= 0.3 is 0 Å². The average molecular weight is 287 g/mol. The number of amides is 1. The van der Waals surface area contributed by atoms with E-state index in [0.29, 0.717) is 29.6 Å². The van der Waals surface area contributed by atoms with E-state index >= 15 is 0 Å². The molecule has 1 rings (SSSR count). The van der Waals surface area contributed by atoms with Crippen LogP contribution < -0.4 is 11.1 Å². The third kappa shape index (κ3) is 6.42. The van der Waals surface area contributed by atoms with Gasteiger partial charge in [-0.3, -0.25) is 4.79 Å². The summed E-state index contributed by atoms with van der Waals surface area (Å²) >= 11 is 5.77. The van der Waals surface area contributed by atoms with Gasteiger partial charge in [-0.05, 0) is 32.0 Å². The molecular weight excluding hydrogens is 268 g/mol. The zero-order valence-electron chi connectivity index (χ0n) is 11.1. The number of rotatable bonds is 7. The molecular formula is C13H19ClN2O3. The van der Waals surface area contributed by atoms with E-state index in [1.807, 2.05) is 13.8 Å². The van der Waals surface area contributed by atoms with Gasteiger partial charge in [-0.2, -0.15) is 0 Å². The van der Waals surface area contributed by atoms with Crippen molar-refractivity contribution in [2.75, 3.05) is 30.9 Å². The zero-order chi connectivity index (χ0) is 14.3. The number of benzene rings is 1. The van der Waals surface area contributed by atoms with Gasteiger partial charge in [-0.25, -0.2) is 0 Å². The van der Waals surface area contributed by atoms with Crippen molar-refractivity contribution in [2.24, 2.45) is 0 Å². The molecule has 3 N–H and O–H groups in total. The number of halogens is 1. The van der Waals surface area contributed by atoms with E-state index in [1.54, 1.807) is 18.2 Å². The predicted octanol–water partition coefficient (Wildman–Crippen LogP) is 2.30. The second kappa shape index (κ2) is 7.99. The van der Waals surface area contributed by atoms with E-state index in [9.17, 15) is 4.79 Å². The molecule has 106 valence electrons. The third-order valence-electron chi connectivity index (χ3n) is 2.20. The molecule has 1 amide bonds. The Morgan fingerprint density at radius 2 is 2.16 bits per heavy atom. The lowest BCUT2D eigenvalue weighted by Gasteiger charge is -2.10. The largest absolute Gasteiger partial charge is 0.397 e. The van der Waals surface area contributed by atoms with Crippen LogP contribution >= 0.6 is 11.6 Å². The van der Waals surface area contributed by atoms with Gasteiger partial charge in [0.15, 0.2) is 0 Å². The van der Waals surface area contributed by atoms with Crippen molar-refractivity contribution in [2.45, 2.75) is 20.0 Å². The fourth-order valence-electron chi connectivity index (χ4n) is 1.34. The highest BCUT2D eigenvalue weighted by atomic mass is 35.5. The maximum absolute atomic E-state index is 11.6.